The van der Waals surface area contributed by atoms with E-state index in [1.807, 2.05) is 6.07 Å². The number of carbonyl (C=O) groups excluding carboxylic acids is 1. The van der Waals surface area contributed by atoms with Gasteiger partial charge in [0.15, 0.2) is 11.5 Å². The maximum absolute atomic E-state index is 14.4. The van der Waals surface area contributed by atoms with Gasteiger partial charge in [-0.25, -0.2) is 9.07 Å². The predicted octanol–water partition coefficient (Wildman–Crippen LogP) is 3.38. The number of carbonyl (C=O) groups is 1. The number of nitrogens with zero attached hydrogens (tertiary/aromatic N) is 4. The van der Waals surface area contributed by atoms with Crippen LogP contribution in [0.1, 0.15) is 27.2 Å². The first-order valence-electron chi connectivity index (χ1n) is 8.59. The van der Waals surface area contributed by atoms with E-state index in [1.165, 1.54) is 21.7 Å². The molecule has 2 aromatic carbocycles. The van der Waals surface area contributed by atoms with Gasteiger partial charge < -0.3 is 10.6 Å². The summed E-state index contributed by atoms with van der Waals surface area (Å²) in [5.41, 5.74) is 8.57. The van der Waals surface area contributed by atoms with Crippen LogP contribution >= 0.6 is 11.6 Å². The number of aromatic nitrogens is 2. The normalized spacial score (nSPS) is 13.3. The van der Waals surface area contributed by atoms with Crippen molar-refractivity contribution in [1.29, 1.82) is 5.26 Å². The Bertz CT molecular complexity index is 1130. The van der Waals surface area contributed by atoms with Crippen molar-refractivity contribution in [2.24, 2.45) is 0 Å². The van der Waals surface area contributed by atoms with Crippen molar-refractivity contribution in [2.45, 2.75) is 13.0 Å². The molecule has 0 unspecified atom stereocenters. The number of hydrogen-bond acceptors (Lipinski definition) is 4. The van der Waals surface area contributed by atoms with Gasteiger partial charge in [0.1, 0.15) is 5.82 Å². The van der Waals surface area contributed by atoms with E-state index in [0.717, 1.165) is 5.56 Å². The van der Waals surface area contributed by atoms with E-state index < -0.39 is 11.7 Å². The number of nitriles is 1. The monoisotopic (exact) mass is 395 g/mol. The molecule has 0 aliphatic carbocycles. The molecule has 0 atom stereocenters. The number of nitrogen functional groups attached to an aromatic ring is 1. The fourth-order valence-electron chi connectivity index (χ4n) is 3.35. The number of nitrogens with two attached hydrogens (primary N) is 1. The molecule has 6 nitrogen and oxygen atoms in total. The Hall–Kier alpha value is -3.37. The Morgan fingerprint density at radius 1 is 1.29 bits per heavy atom. The highest BCUT2D eigenvalue weighted by Gasteiger charge is 2.32. The number of rotatable bonds is 3. The van der Waals surface area contributed by atoms with Gasteiger partial charge in [-0.2, -0.15) is 10.4 Å². The van der Waals surface area contributed by atoms with Gasteiger partial charge in [-0.1, -0.05) is 29.8 Å². The SMILES string of the molecule is N#Cc1cccc(Cn2nc3c(c2N)CCN(c2cccc(Cl)c2F)C3=O)c1. The average Bonchev–Trinajstić information content (AvgIpc) is 3.01. The number of hydrogen-bond donors (Lipinski definition) is 1. The van der Waals surface area contributed by atoms with Crippen LogP contribution in [0.5, 0.6) is 0 Å². The summed E-state index contributed by atoms with van der Waals surface area (Å²) in [6.07, 6.45) is 0.455. The molecule has 1 aliphatic heterocycles. The summed E-state index contributed by atoms with van der Waals surface area (Å²) >= 11 is 5.85. The molecule has 3 aromatic rings. The van der Waals surface area contributed by atoms with E-state index in [4.69, 9.17) is 22.6 Å². The molecular formula is C20H15ClFN5O. The lowest BCUT2D eigenvalue weighted by Gasteiger charge is -2.26. The van der Waals surface area contributed by atoms with Gasteiger partial charge in [0, 0.05) is 12.1 Å². The first kappa shape index (κ1) is 18.0. The second-order valence-electron chi connectivity index (χ2n) is 6.46. The molecule has 0 radical (unpaired) electrons. The Morgan fingerprint density at radius 2 is 2.07 bits per heavy atom. The molecule has 1 aliphatic rings. The van der Waals surface area contributed by atoms with Crippen LogP contribution in [-0.4, -0.2) is 22.2 Å². The number of halogens is 2. The van der Waals surface area contributed by atoms with Crippen molar-refractivity contribution < 1.29 is 9.18 Å². The fraction of sp³-hybridized carbons (Fsp3) is 0.150. The van der Waals surface area contributed by atoms with Crippen LogP contribution in [0.2, 0.25) is 5.02 Å². The zero-order valence-corrected chi connectivity index (χ0v) is 15.4. The Labute approximate surface area is 165 Å². The van der Waals surface area contributed by atoms with Crippen molar-refractivity contribution in [2.75, 3.05) is 17.2 Å². The lowest BCUT2D eigenvalue weighted by molar-refractivity contribution is 0.0974. The molecule has 140 valence electrons. The minimum absolute atomic E-state index is 0.0430. The van der Waals surface area contributed by atoms with E-state index >= 15 is 0 Å². The van der Waals surface area contributed by atoms with Crippen molar-refractivity contribution in [1.82, 2.24) is 9.78 Å². The second kappa shape index (κ2) is 6.98. The second-order valence-corrected chi connectivity index (χ2v) is 6.87. The first-order valence-corrected chi connectivity index (χ1v) is 8.97. The highest BCUT2D eigenvalue weighted by Crippen LogP contribution is 2.31. The molecule has 0 saturated heterocycles. The molecule has 2 N–H and O–H groups in total. The minimum atomic E-state index is -0.637. The number of benzene rings is 2. The number of fused-ring (bicyclic) bond motifs is 1. The lowest BCUT2D eigenvalue weighted by atomic mass is 10.1. The van der Waals surface area contributed by atoms with Crippen molar-refractivity contribution in [3.05, 3.63) is 75.7 Å². The largest absolute Gasteiger partial charge is 0.384 e. The summed E-state index contributed by atoms with van der Waals surface area (Å²) in [5.74, 6) is -0.655. The topological polar surface area (TPSA) is 87.9 Å². The quantitative estimate of drug-likeness (QED) is 0.736. The first-order chi connectivity index (χ1) is 13.5. The fourth-order valence-corrected chi connectivity index (χ4v) is 3.52. The standard InChI is InChI=1S/C20H15ClFN5O/c21-15-5-2-6-16(17(15)22)26-8-7-14-18(20(26)28)25-27(19(14)24)11-13-4-1-3-12(9-13)10-23/h1-6,9H,7-8,11,24H2. The molecule has 0 spiro atoms. The lowest BCUT2D eigenvalue weighted by Crippen LogP contribution is -2.38. The Balaban J connectivity index is 1.68. The summed E-state index contributed by atoms with van der Waals surface area (Å²) in [4.78, 5) is 14.3. The van der Waals surface area contributed by atoms with Crippen molar-refractivity contribution in [3.8, 4) is 6.07 Å². The molecule has 1 aromatic heterocycles. The smallest absolute Gasteiger partial charge is 0.279 e. The summed E-state index contributed by atoms with van der Waals surface area (Å²) in [7, 11) is 0. The van der Waals surface area contributed by atoms with Crippen LogP contribution < -0.4 is 10.6 Å². The van der Waals surface area contributed by atoms with E-state index in [-0.39, 0.29) is 22.9 Å². The summed E-state index contributed by atoms with van der Waals surface area (Å²) in [5, 5.41) is 13.4. The third-order valence-electron chi connectivity index (χ3n) is 4.74. The highest BCUT2D eigenvalue weighted by molar-refractivity contribution is 6.31. The molecule has 2 heterocycles. The maximum Gasteiger partial charge on any atom is 0.279 e. The molecule has 0 bridgehead atoms. The van der Waals surface area contributed by atoms with Gasteiger partial charge in [0.2, 0.25) is 0 Å². The van der Waals surface area contributed by atoms with Gasteiger partial charge >= 0.3 is 0 Å². The van der Waals surface area contributed by atoms with E-state index in [0.29, 0.717) is 29.9 Å². The van der Waals surface area contributed by atoms with Crippen LogP contribution in [0.3, 0.4) is 0 Å². The molecule has 0 fully saturated rings. The van der Waals surface area contributed by atoms with Gasteiger partial charge in [-0.3, -0.25) is 4.79 Å². The number of anilines is 2. The highest BCUT2D eigenvalue weighted by atomic mass is 35.5. The van der Waals surface area contributed by atoms with Gasteiger partial charge in [0.05, 0.1) is 28.9 Å². The Kier molecular flexibility index (Phi) is 4.49. The third-order valence-corrected chi connectivity index (χ3v) is 5.03. The summed E-state index contributed by atoms with van der Waals surface area (Å²) in [6.45, 7) is 0.607. The molecule has 28 heavy (non-hydrogen) atoms. The van der Waals surface area contributed by atoms with E-state index in [1.54, 1.807) is 24.3 Å². The molecule has 0 saturated carbocycles. The molecular weight excluding hydrogens is 381 g/mol. The zero-order valence-electron chi connectivity index (χ0n) is 14.7. The van der Waals surface area contributed by atoms with Gasteiger partial charge in [-0.15, -0.1) is 0 Å². The van der Waals surface area contributed by atoms with Crippen LogP contribution in [0, 0.1) is 17.1 Å². The van der Waals surface area contributed by atoms with Crippen LogP contribution in [0.15, 0.2) is 42.5 Å². The summed E-state index contributed by atoms with van der Waals surface area (Å²) in [6, 6.07) is 13.7. The molecule has 1 amide bonds. The van der Waals surface area contributed by atoms with Gasteiger partial charge in [0.25, 0.3) is 5.91 Å². The van der Waals surface area contributed by atoms with Crippen LogP contribution in [0.25, 0.3) is 0 Å². The van der Waals surface area contributed by atoms with E-state index in [2.05, 4.69) is 11.2 Å². The third kappa shape index (κ3) is 2.98. The zero-order chi connectivity index (χ0) is 19.8. The molecule has 4 rings (SSSR count). The Morgan fingerprint density at radius 3 is 2.86 bits per heavy atom. The maximum atomic E-state index is 14.4. The van der Waals surface area contributed by atoms with Crippen molar-refractivity contribution >= 4 is 29.0 Å². The summed E-state index contributed by atoms with van der Waals surface area (Å²) < 4.78 is 15.9. The van der Waals surface area contributed by atoms with Gasteiger partial charge in [-0.05, 0) is 36.2 Å². The van der Waals surface area contributed by atoms with Crippen LogP contribution in [0.4, 0.5) is 15.9 Å². The van der Waals surface area contributed by atoms with E-state index in [9.17, 15) is 9.18 Å². The number of amides is 1. The molecule has 8 heteroatoms. The van der Waals surface area contributed by atoms with Crippen molar-refractivity contribution in [3.63, 3.8) is 0 Å². The average molecular weight is 396 g/mol. The minimum Gasteiger partial charge on any atom is -0.384 e. The van der Waals surface area contributed by atoms with Crippen LogP contribution in [-0.2, 0) is 13.0 Å². The predicted molar refractivity (Wildman–Crippen MR) is 104 cm³/mol.